The molecule has 0 radical (unpaired) electrons. The van der Waals surface area contributed by atoms with E-state index < -0.39 is 0 Å². The number of hydrogen-bond acceptors (Lipinski definition) is 1. The van der Waals surface area contributed by atoms with Crippen molar-refractivity contribution in [2.24, 2.45) is 7.05 Å². The van der Waals surface area contributed by atoms with Gasteiger partial charge in [-0.3, -0.25) is 0 Å². The Morgan fingerprint density at radius 1 is 1.35 bits per heavy atom. The van der Waals surface area contributed by atoms with Gasteiger partial charge in [-0.05, 0) is 23.9 Å². The van der Waals surface area contributed by atoms with Crippen LogP contribution in [0.15, 0.2) is 65.4 Å². The van der Waals surface area contributed by atoms with Gasteiger partial charge in [-0.1, -0.05) is 30.9 Å². The lowest BCUT2D eigenvalue weighted by molar-refractivity contribution is -0.709. The van der Waals surface area contributed by atoms with Crippen LogP contribution in [0.5, 0.6) is 0 Å². The first-order chi connectivity index (χ1) is 7.81. The fourth-order valence-electron chi connectivity index (χ4n) is 1.51. The maximum atomic E-state index is 3.77. The van der Waals surface area contributed by atoms with Gasteiger partial charge >= 0.3 is 5.16 Å². The van der Waals surface area contributed by atoms with Crippen LogP contribution in [-0.2, 0) is 13.6 Å². The molecule has 2 rings (SSSR count). The van der Waals surface area contributed by atoms with Crippen molar-refractivity contribution in [2.45, 2.75) is 16.6 Å². The quantitative estimate of drug-likeness (QED) is 0.554. The fourth-order valence-corrected chi connectivity index (χ4v) is 2.47. The first-order valence-electron chi connectivity index (χ1n) is 5.20. The fraction of sp³-hybridized carbons (Fsp3) is 0.154. The molecule has 0 bridgehead atoms. The summed E-state index contributed by atoms with van der Waals surface area (Å²) in [6.07, 6.45) is 6.05. The van der Waals surface area contributed by atoms with E-state index in [1.165, 1.54) is 10.1 Å². The van der Waals surface area contributed by atoms with Crippen molar-refractivity contribution in [3.63, 3.8) is 0 Å². The molecule has 0 saturated carbocycles. The van der Waals surface area contributed by atoms with Crippen molar-refractivity contribution in [3.05, 3.63) is 55.4 Å². The van der Waals surface area contributed by atoms with Gasteiger partial charge < -0.3 is 17.0 Å². The summed E-state index contributed by atoms with van der Waals surface area (Å²) in [7, 11) is 2.06. The number of aryl methyl sites for hydroxylation is 1. The van der Waals surface area contributed by atoms with E-state index in [0.29, 0.717) is 0 Å². The lowest BCUT2D eigenvalue weighted by Crippen LogP contribution is -3.00. The molecule has 1 aromatic carbocycles. The molecule has 0 unspecified atom stereocenters. The number of aromatic nitrogens is 2. The van der Waals surface area contributed by atoms with Crippen LogP contribution < -0.4 is 21.5 Å². The molecule has 0 atom stereocenters. The number of imidazole rings is 1. The lowest BCUT2D eigenvalue weighted by Gasteiger charge is -2.00. The van der Waals surface area contributed by atoms with Crippen LogP contribution in [-0.4, -0.2) is 4.57 Å². The van der Waals surface area contributed by atoms with E-state index in [0.717, 1.165) is 6.54 Å². The zero-order chi connectivity index (χ0) is 11.4. The largest absolute Gasteiger partial charge is 1.00 e. The van der Waals surface area contributed by atoms with Crippen molar-refractivity contribution in [1.29, 1.82) is 0 Å². The van der Waals surface area contributed by atoms with Gasteiger partial charge in [0, 0.05) is 4.90 Å². The van der Waals surface area contributed by atoms with E-state index in [2.05, 4.69) is 59.4 Å². The topological polar surface area (TPSA) is 8.81 Å². The summed E-state index contributed by atoms with van der Waals surface area (Å²) in [5, 5.41) is 1.21. The highest BCUT2D eigenvalue weighted by Crippen LogP contribution is 2.24. The Kier molecular flexibility index (Phi) is 5.51. The first-order valence-corrected chi connectivity index (χ1v) is 6.01. The van der Waals surface area contributed by atoms with Crippen molar-refractivity contribution < 1.29 is 21.5 Å². The molecule has 0 fully saturated rings. The van der Waals surface area contributed by atoms with Crippen LogP contribution >= 0.6 is 11.8 Å². The Morgan fingerprint density at radius 2 is 2.06 bits per heavy atom. The lowest BCUT2D eigenvalue weighted by atomic mass is 10.4. The molecule has 17 heavy (non-hydrogen) atoms. The Hall–Kier alpha value is -1.00. The standard InChI is InChI=1S/C13H15N2S.BrH/c1-3-9-15-11-10-14(2)13(15)16-12-7-5-4-6-8-12;/h3-8,10-11H,1,9H2,2H3;1H/q+1;/p-1. The average Bonchev–Trinajstić information content (AvgIpc) is 2.64. The van der Waals surface area contributed by atoms with Crippen LogP contribution in [0, 0.1) is 0 Å². The summed E-state index contributed by atoms with van der Waals surface area (Å²) >= 11 is 1.77. The third-order valence-electron chi connectivity index (χ3n) is 2.30. The second-order valence-electron chi connectivity index (χ2n) is 3.55. The maximum Gasteiger partial charge on any atom is 0.322 e. The molecular weight excluding hydrogens is 296 g/mol. The molecule has 90 valence electrons. The third kappa shape index (κ3) is 3.48. The number of allylic oxidation sites excluding steroid dienone is 1. The highest BCUT2D eigenvalue weighted by atomic mass is 79.9. The van der Waals surface area contributed by atoms with Crippen LogP contribution in [0.2, 0.25) is 0 Å². The Bertz CT molecular complexity index is 479. The molecule has 1 aromatic heterocycles. The molecule has 2 aromatic rings. The Morgan fingerprint density at radius 3 is 2.71 bits per heavy atom. The van der Waals surface area contributed by atoms with Gasteiger partial charge in [0.25, 0.3) is 0 Å². The number of hydrogen-bond donors (Lipinski definition) is 0. The summed E-state index contributed by atoms with van der Waals surface area (Å²) in [5.74, 6) is 0. The van der Waals surface area contributed by atoms with Gasteiger partial charge in [-0.2, -0.15) is 0 Å². The predicted molar refractivity (Wildman–Crippen MR) is 66.4 cm³/mol. The van der Waals surface area contributed by atoms with E-state index >= 15 is 0 Å². The number of benzene rings is 1. The first kappa shape index (κ1) is 14.1. The third-order valence-corrected chi connectivity index (χ3v) is 3.51. The highest BCUT2D eigenvalue weighted by Gasteiger charge is 2.14. The van der Waals surface area contributed by atoms with Crippen LogP contribution in [0.25, 0.3) is 0 Å². The maximum absolute atomic E-state index is 3.77. The normalized spacial score (nSPS) is 9.71. The van der Waals surface area contributed by atoms with Gasteiger partial charge in [-0.25, -0.2) is 9.13 Å². The van der Waals surface area contributed by atoms with Gasteiger partial charge in [-0.15, -0.1) is 0 Å². The summed E-state index contributed by atoms with van der Waals surface area (Å²) in [6.45, 7) is 4.62. The minimum atomic E-state index is 0. The second kappa shape index (κ2) is 6.67. The van der Waals surface area contributed by atoms with Crippen LogP contribution in [0.3, 0.4) is 0 Å². The Labute approximate surface area is 117 Å². The molecule has 0 aliphatic carbocycles. The summed E-state index contributed by atoms with van der Waals surface area (Å²) in [4.78, 5) is 1.25. The molecule has 1 heterocycles. The summed E-state index contributed by atoms with van der Waals surface area (Å²) in [5.41, 5.74) is 0. The van der Waals surface area contributed by atoms with Crippen molar-refractivity contribution in [3.8, 4) is 0 Å². The van der Waals surface area contributed by atoms with Crippen molar-refractivity contribution >= 4 is 11.8 Å². The highest BCUT2D eigenvalue weighted by molar-refractivity contribution is 7.99. The van der Waals surface area contributed by atoms with Crippen LogP contribution in [0.4, 0.5) is 0 Å². The Balaban J connectivity index is 0.00000144. The molecule has 0 N–H and O–H groups in total. The predicted octanol–water partition coefficient (Wildman–Crippen LogP) is -0.346. The van der Waals surface area contributed by atoms with E-state index in [4.69, 9.17) is 0 Å². The van der Waals surface area contributed by atoms with E-state index in [1.54, 1.807) is 11.8 Å². The van der Waals surface area contributed by atoms with Gasteiger partial charge in [0.05, 0.1) is 7.05 Å². The number of rotatable bonds is 4. The van der Waals surface area contributed by atoms with Gasteiger partial charge in [0.1, 0.15) is 18.9 Å². The molecule has 0 saturated heterocycles. The molecule has 4 heteroatoms. The SMILES string of the molecule is C=CCn1cc[n+](C)c1Sc1ccccc1.[Br-]. The molecule has 0 spiro atoms. The zero-order valence-corrected chi connectivity index (χ0v) is 12.1. The molecule has 0 aliphatic heterocycles. The van der Waals surface area contributed by atoms with Crippen LogP contribution in [0.1, 0.15) is 0 Å². The van der Waals surface area contributed by atoms with E-state index in [9.17, 15) is 0 Å². The zero-order valence-electron chi connectivity index (χ0n) is 9.71. The monoisotopic (exact) mass is 310 g/mol. The second-order valence-corrected chi connectivity index (χ2v) is 4.59. The van der Waals surface area contributed by atoms with Crippen molar-refractivity contribution in [2.75, 3.05) is 0 Å². The van der Waals surface area contributed by atoms with Crippen molar-refractivity contribution in [1.82, 2.24) is 4.57 Å². The molecule has 0 amide bonds. The minimum absolute atomic E-state index is 0. The smallest absolute Gasteiger partial charge is 0.322 e. The van der Waals surface area contributed by atoms with E-state index in [1.807, 2.05) is 12.1 Å². The number of nitrogens with zero attached hydrogens (tertiary/aromatic N) is 2. The van der Waals surface area contributed by atoms with Gasteiger partial charge in [0.15, 0.2) is 0 Å². The molecular formula is C13H15BrN2S. The van der Waals surface area contributed by atoms with E-state index in [-0.39, 0.29) is 17.0 Å². The number of halogens is 1. The average molecular weight is 311 g/mol. The summed E-state index contributed by atoms with van der Waals surface area (Å²) < 4.78 is 4.31. The summed E-state index contributed by atoms with van der Waals surface area (Å²) in [6, 6.07) is 10.4. The molecule has 0 aliphatic rings. The minimum Gasteiger partial charge on any atom is -1.00 e. The van der Waals surface area contributed by atoms with Gasteiger partial charge in [0.2, 0.25) is 0 Å². The molecule has 2 nitrogen and oxygen atoms in total.